The fourth-order valence-electron chi connectivity index (χ4n) is 3.11. The highest BCUT2D eigenvalue weighted by Gasteiger charge is 2.31. The predicted octanol–water partition coefficient (Wildman–Crippen LogP) is 5.51. The van der Waals surface area contributed by atoms with Gasteiger partial charge in [0, 0.05) is 27.3 Å². The number of thiophene rings is 1. The number of alkyl halides is 3. The van der Waals surface area contributed by atoms with Crippen LogP contribution in [-0.2, 0) is 22.6 Å². The highest BCUT2D eigenvalue weighted by atomic mass is 35.5. The van der Waals surface area contributed by atoms with Crippen molar-refractivity contribution in [2.75, 3.05) is 0 Å². The maximum atomic E-state index is 13.0. The molecule has 0 amide bonds. The zero-order valence-electron chi connectivity index (χ0n) is 16.2. The second-order valence-corrected chi connectivity index (χ2v) is 9.95. The van der Waals surface area contributed by atoms with Gasteiger partial charge in [0.1, 0.15) is 0 Å². The van der Waals surface area contributed by atoms with Crippen molar-refractivity contribution < 1.29 is 21.6 Å². The van der Waals surface area contributed by atoms with Crippen LogP contribution in [0.15, 0.2) is 70.9 Å². The van der Waals surface area contributed by atoms with Crippen LogP contribution in [0, 0.1) is 0 Å². The normalized spacial score (nSPS) is 12.3. The third-order valence-electron chi connectivity index (χ3n) is 4.67. The molecule has 2 N–H and O–H groups in total. The molecule has 0 radical (unpaired) electrons. The Morgan fingerprint density at radius 3 is 2.25 bits per heavy atom. The van der Waals surface area contributed by atoms with Crippen LogP contribution >= 0.6 is 22.9 Å². The van der Waals surface area contributed by atoms with Crippen molar-refractivity contribution in [2.24, 2.45) is 5.14 Å². The zero-order chi connectivity index (χ0) is 23.1. The van der Waals surface area contributed by atoms with Crippen molar-refractivity contribution >= 4 is 33.0 Å². The summed E-state index contributed by atoms with van der Waals surface area (Å²) in [5.74, 6) is 0. The van der Waals surface area contributed by atoms with Gasteiger partial charge in [-0.2, -0.15) is 18.3 Å². The lowest BCUT2D eigenvalue weighted by Gasteiger charge is -2.08. The van der Waals surface area contributed by atoms with E-state index in [2.05, 4.69) is 5.10 Å². The summed E-state index contributed by atoms with van der Waals surface area (Å²) < 4.78 is 63.6. The standard InChI is InChI=1S/C21H15ClF3N3O2S2/c22-15-3-1-13(2-4-15)20-11-17(10-18-9-14(12-31-18)21(23,24)25)28(27-20)16-5-7-19(8-6-16)32(26,29)30/h1-9,11-12H,10H2,(H2,26,29,30). The molecule has 0 saturated carbocycles. The number of aromatic nitrogens is 2. The molecule has 0 unspecified atom stereocenters. The Balaban J connectivity index is 1.76. The van der Waals surface area contributed by atoms with Gasteiger partial charge in [-0.3, -0.25) is 0 Å². The maximum Gasteiger partial charge on any atom is 0.417 e. The van der Waals surface area contributed by atoms with Gasteiger partial charge in [0.2, 0.25) is 10.0 Å². The molecule has 4 aromatic rings. The van der Waals surface area contributed by atoms with Crippen LogP contribution in [0.2, 0.25) is 5.02 Å². The van der Waals surface area contributed by atoms with E-state index in [0.717, 1.165) is 28.3 Å². The first-order valence-corrected chi connectivity index (χ1v) is 11.9. The minimum atomic E-state index is -4.41. The molecule has 166 valence electrons. The van der Waals surface area contributed by atoms with Crippen LogP contribution in [0.1, 0.15) is 16.1 Å². The summed E-state index contributed by atoms with van der Waals surface area (Å²) >= 11 is 6.97. The highest BCUT2D eigenvalue weighted by Crippen LogP contribution is 2.34. The fourth-order valence-corrected chi connectivity index (χ4v) is 4.66. The van der Waals surface area contributed by atoms with Gasteiger partial charge < -0.3 is 0 Å². The molecule has 2 aromatic carbocycles. The van der Waals surface area contributed by atoms with Gasteiger partial charge in [0.25, 0.3) is 0 Å². The molecule has 0 fully saturated rings. The number of nitrogens with zero attached hydrogens (tertiary/aromatic N) is 2. The smallest absolute Gasteiger partial charge is 0.237 e. The molecular weight excluding hydrogens is 483 g/mol. The van der Waals surface area contributed by atoms with E-state index in [1.165, 1.54) is 24.3 Å². The maximum absolute atomic E-state index is 13.0. The number of sulfonamides is 1. The van der Waals surface area contributed by atoms with Gasteiger partial charge in [-0.1, -0.05) is 23.7 Å². The summed E-state index contributed by atoms with van der Waals surface area (Å²) in [7, 11) is -3.86. The molecule has 0 aliphatic rings. The van der Waals surface area contributed by atoms with Crippen LogP contribution < -0.4 is 5.14 Å². The number of hydrogen-bond donors (Lipinski definition) is 1. The lowest BCUT2D eigenvalue weighted by atomic mass is 10.1. The number of rotatable bonds is 5. The highest BCUT2D eigenvalue weighted by molar-refractivity contribution is 7.89. The minimum absolute atomic E-state index is 0.0547. The summed E-state index contributed by atoms with van der Waals surface area (Å²) in [6, 6.07) is 15.7. The van der Waals surface area contributed by atoms with Crippen molar-refractivity contribution in [3.63, 3.8) is 0 Å². The molecule has 5 nitrogen and oxygen atoms in total. The summed E-state index contributed by atoms with van der Waals surface area (Å²) in [6.07, 6.45) is -4.20. The molecule has 0 saturated heterocycles. The van der Waals surface area contributed by atoms with Gasteiger partial charge in [-0.15, -0.1) is 11.3 Å². The first-order valence-electron chi connectivity index (χ1n) is 9.13. The lowest BCUT2D eigenvalue weighted by molar-refractivity contribution is -0.137. The van der Waals surface area contributed by atoms with Gasteiger partial charge in [-0.25, -0.2) is 18.2 Å². The molecule has 0 atom stereocenters. The average molecular weight is 498 g/mol. The van der Waals surface area contributed by atoms with Crippen molar-refractivity contribution in [3.05, 3.63) is 87.2 Å². The number of halogens is 4. The Morgan fingerprint density at radius 1 is 1.03 bits per heavy atom. The Kier molecular flexibility index (Phi) is 5.89. The average Bonchev–Trinajstić information content (AvgIpc) is 3.36. The first-order chi connectivity index (χ1) is 15.0. The van der Waals surface area contributed by atoms with Crippen molar-refractivity contribution in [1.29, 1.82) is 0 Å². The molecule has 0 bridgehead atoms. The third-order valence-corrected chi connectivity index (χ3v) is 6.79. The Labute approximate surface area is 190 Å². The Hall–Kier alpha value is -2.66. The van der Waals surface area contributed by atoms with Gasteiger partial charge >= 0.3 is 6.18 Å². The second-order valence-electron chi connectivity index (χ2n) is 6.95. The predicted molar refractivity (Wildman–Crippen MR) is 118 cm³/mol. The molecular formula is C21H15ClF3N3O2S2. The van der Waals surface area contributed by atoms with Crippen molar-refractivity contribution in [2.45, 2.75) is 17.5 Å². The van der Waals surface area contributed by atoms with Gasteiger partial charge in [-0.05, 0) is 48.5 Å². The molecule has 2 aromatic heterocycles. The second kappa shape index (κ2) is 8.36. The molecule has 11 heteroatoms. The first kappa shape index (κ1) is 22.5. The van der Waals surface area contributed by atoms with E-state index < -0.39 is 21.8 Å². The lowest BCUT2D eigenvalue weighted by Crippen LogP contribution is -2.12. The SMILES string of the molecule is NS(=O)(=O)c1ccc(-n2nc(-c3ccc(Cl)cc3)cc2Cc2cc(C(F)(F)F)cs2)cc1. The fraction of sp³-hybridized carbons (Fsp3) is 0.0952. The molecule has 0 aliphatic carbocycles. The summed E-state index contributed by atoms with van der Waals surface area (Å²) in [5, 5.41) is 11.4. The van der Waals surface area contributed by atoms with Crippen LogP contribution in [0.4, 0.5) is 13.2 Å². The molecule has 0 spiro atoms. The molecule has 32 heavy (non-hydrogen) atoms. The number of primary sulfonamides is 1. The van der Waals surface area contributed by atoms with Crippen LogP contribution in [0.5, 0.6) is 0 Å². The largest absolute Gasteiger partial charge is 0.417 e. The van der Waals surface area contributed by atoms with Gasteiger partial charge in [0.15, 0.2) is 0 Å². The Bertz CT molecular complexity index is 1360. The van der Waals surface area contributed by atoms with E-state index >= 15 is 0 Å². The number of hydrogen-bond acceptors (Lipinski definition) is 4. The summed E-state index contributed by atoms with van der Waals surface area (Å²) in [4.78, 5) is 0.461. The van der Waals surface area contributed by atoms with E-state index in [0.29, 0.717) is 27.0 Å². The number of nitrogens with two attached hydrogens (primary N) is 1. The Morgan fingerprint density at radius 2 is 1.69 bits per heavy atom. The minimum Gasteiger partial charge on any atom is -0.237 e. The van der Waals surface area contributed by atoms with E-state index in [1.54, 1.807) is 35.0 Å². The van der Waals surface area contributed by atoms with Gasteiger partial charge in [0.05, 0.1) is 27.5 Å². The molecule has 0 aliphatic heterocycles. The van der Waals surface area contributed by atoms with Crippen molar-refractivity contribution in [3.8, 4) is 16.9 Å². The van der Waals surface area contributed by atoms with E-state index in [9.17, 15) is 21.6 Å². The summed E-state index contributed by atoms with van der Waals surface area (Å²) in [5.41, 5.74) is 1.85. The quantitative estimate of drug-likeness (QED) is 0.395. The topological polar surface area (TPSA) is 78.0 Å². The van der Waals surface area contributed by atoms with E-state index in [4.69, 9.17) is 16.7 Å². The zero-order valence-corrected chi connectivity index (χ0v) is 18.6. The number of benzene rings is 2. The molecule has 2 heterocycles. The van der Waals surface area contributed by atoms with Crippen LogP contribution in [0.3, 0.4) is 0 Å². The van der Waals surface area contributed by atoms with Crippen molar-refractivity contribution in [1.82, 2.24) is 9.78 Å². The molecule has 4 rings (SSSR count). The van der Waals surface area contributed by atoms with E-state index in [-0.39, 0.29) is 11.3 Å². The van der Waals surface area contributed by atoms with Crippen LogP contribution in [0.25, 0.3) is 16.9 Å². The summed E-state index contributed by atoms with van der Waals surface area (Å²) in [6.45, 7) is 0. The third kappa shape index (κ3) is 4.88. The van der Waals surface area contributed by atoms with E-state index in [1.807, 2.05) is 0 Å². The monoisotopic (exact) mass is 497 g/mol. The van der Waals surface area contributed by atoms with Crippen LogP contribution in [-0.4, -0.2) is 18.2 Å².